The Morgan fingerprint density at radius 3 is 1.81 bits per heavy atom. The minimum absolute atomic E-state index is 0.210. The monoisotopic (exact) mass is 478 g/mol. The molecule has 0 radical (unpaired) electrons. The highest BCUT2D eigenvalue weighted by Crippen LogP contribution is 2.60. The van der Waals surface area contributed by atoms with Crippen molar-refractivity contribution in [3.63, 3.8) is 0 Å². The van der Waals surface area contributed by atoms with Crippen molar-refractivity contribution in [1.82, 2.24) is 0 Å². The Hall–Kier alpha value is -1.17. The molecule has 0 amide bonds. The third kappa shape index (κ3) is 4.85. The molecule has 2 atom stereocenters. The summed E-state index contributed by atoms with van der Waals surface area (Å²) >= 11 is 0. The number of hydrogen-bond donors (Lipinski definition) is 0. The van der Waals surface area contributed by atoms with Gasteiger partial charge in [0.15, 0.2) is 0 Å². The van der Waals surface area contributed by atoms with Crippen molar-refractivity contribution >= 4 is 30.3 Å². The van der Waals surface area contributed by atoms with E-state index in [1.165, 1.54) is 23.2 Å². The van der Waals surface area contributed by atoms with Crippen LogP contribution in [0.3, 0.4) is 0 Å². The van der Waals surface area contributed by atoms with Gasteiger partial charge < -0.3 is 0 Å². The van der Waals surface area contributed by atoms with Crippen molar-refractivity contribution in [3.05, 3.63) is 77.4 Å². The molecule has 3 heteroatoms. The van der Waals surface area contributed by atoms with Gasteiger partial charge in [-0.3, -0.25) is 0 Å². The van der Waals surface area contributed by atoms with Crippen LogP contribution in [0.1, 0.15) is 37.5 Å². The summed E-state index contributed by atoms with van der Waals surface area (Å²) in [5.41, 5.74) is 4.99. The van der Waals surface area contributed by atoms with E-state index in [1.807, 2.05) is 0 Å². The van der Waals surface area contributed by atoms with Gasteiger partial charge in [0.25, 0.3) is 0 Å². The summed E-state index contributed by atoms with van der Waals surface area (Å²) in [7, 11) is -4.86. The Labute approximate surface area is 201 Å². The Kier molecular flexibility index (Phi) is 6.81. The first kappa shape index (κ1) is 25.5. The van der Waals surface area contributed by atoms with Crippen molar-refractivity contribution in [3.8, 4) is 0 Å². The molecular formula is C29H46Si3. The maximum Gasteiger partial charge on any atom is 0.0710 e. The van der Waals surface area contributed by atoms with Gasteiger partial charge >= 0.3 is 0 Å². The lowest BCUT2D eigenvalue weighted by molar-refractivity contribution is 0.451. The van der Waals surface area contributed by atoms with Crippen LogP contribution in [0.15, 0.2) is 60.7 Å². The molecule has 32 heavy (non-hydrogen) atoms. The average molecular weight is 479 g/mol. The molecule has 0 N–H and O–H groups in total. The summed E-state index contributed by atoms with van der Waals surface area (Å²) in [5, 5.41) is 1.02. The SMILES string of the molecule is CC(C)(C)C[Si](C)(Cc1ccccc1)C1(C([Si](C)(C)C)[Si](C)(C)C)C=Cc2ccccc21. The summed E-state index contributed by atoms with van der Waals surface area (Å²) in [5.74, 6) is 0. The van der Waals surface area contributed by atoms with Crippen molar-refractivity contribution in [2.75, 3.05) is 0 Å². The van der Waals surface area contributed by atoms with Crippen LogP contribution in [-0.4, -0.2) is 24.2 Å². The van der Waals surface area contributed by atoms with Crippen LogP contribution in [0.5, 0.6) is 0 Å². The molecule has 2 aromatic carbocycles. The first-order valence-electron chi connectivity index (χ1n) is 12.4. The zero-order valence-corrected chi connectivity index (χ0v) is 25.3. The number of rotatable bonds is 7. The largest absolute Gasteiger partial charge is 0.0763 e. The van der Waals surface area contributed by atoms with Gasteiger partial charge in [-0.1, -0.05) is 145 Å². The smallest absolute Gasteiger partial charge is 0.0710 e. The molecule has 0 heterocycles. The highest BCUT2D eigenvalue weighted by molar-refractivity contribution is 6.99. The van der Waals surface area contributed by atoms with Gasteiger partial charge in [-0.2, -0.15) is 0 Å². The van der Waals surface area contributed by atoms with Crippen molar-refractivity contribution in [2.24, 2.45) is 5.41 Å². The fraction of sp³-hybridized carbons (Fsp3) is 0.517. The highest BCUT2D eigenvalue weighted by atomic mass is 28.4. The van der Waals surface area contributed by atoms with E-state index < -0.39 is 24.2 Å². The lowest BCUT2D eigenvalue weighted by Crippen LogP contribution is -2.66. The van der Waals surface area contributed by atoms with Gasteiger partial charge in [0.1, 0.15) is 0 Å². The molecular weight excluding hydrogens is 433 g/mol. The van der Waals surface area contributed by atoms with Crippen LogP contribution in [0.4, 0.5) is 0 Å². The molecule has 2 aromatic rings. The van der Waals surface area contributed by atoms with E-state index in [0.717, 1.165) is 5.16 Å². The molecule has 0 saturated heterocycles. The van der Waals surface area contributed by atoms with Gasteiger partial charge in [-0.25, -0.2) is 0 Å². The van der Waals surface area contributed by atoms with E-state index in [1.54, 1.807) is 5.56 Å². The maximum absolute atomic E-state index is 2.77. The van der Waals surface area contributed by atoms with Crippen molar-refractivity contribution < 1.29 is 0 Å². The first-order valence-corrected chi connectivity index (χ1v) is 22.5. The third-order valence-electron chi connectivity index (χ3n) is 7.48. The van der Waals surface area contributed by atoms with Crippen LogP contribution in [0.2, 0.25) is 57.0 Å². The normalized spacial score (nSPS) is 21.0. The lowest BCUT2D eigenvalue weighted by atomic mass is 9.99. The van der Waals surface area contributed by atoms with Crippen LogP contribution >= 0.6 is 0 Å². The Balaban J connectivity index is 2.38. The standard InChI is InChI=1S/C29H46Si3/c1-28(2,3)23-32(10,22-24-16-12-11-13-17-24)29(27(30(4,5)6)31(7,8)9)21-20-25-18-14-15-19-26(25)29/h11-21,27H,22-23H2,1-10H3. The summed E-state index contributed by atoms with van der Waals surface area (Å²) in [6, 6.07) is 23.4. The Morgan fingerprint density at radius 1 is 0.750 bits per heavy atom. The van der Waals surface area contributed by atoms with Crippen molar-refractivity contribution in [1.29, 1.82) is 0 Å². The second-order valence-corrected chi connectivity index (χ2v) is 29.8. The third-order valence-corrected chi connectivity index (χ3v) is 23.4. The van der Waals surface area contributed by atoms with Crippen molar-refractivity contribution in [2.45, 2.75) is 88.9 Å². The molecule has 3 rings (SSSR count). The van der Waals surface area contributed by atoms with E-state index >= 15 is 0 Å². The molecule has 1 aliphatic rings. The molecule has 0 aromatic heterocycles. The number of allylic oxidation sites excluding steroid dienone is 1. The summed E-state index contributed by atoms with van der Waals surface area (Å²) in [6.07, 6.45) is 5.25. The Morgan fingerprint density at radius 2 is 1.28 bits per heavy atom. The van der Waals surface area contributed by atoms with E-state index in [0.29, 0.717) is 5.41 Å². The molecule has 0 fully saturated rings. The predicted molar refractivity (Wildman–Crippen MR) is 154 cm³/mol. The number of benzene rings is 2. The molecule has 0 saturated carbocycles. The van der Waals surface area contributed by atoms with E-state index in [4.69, 9.17) is 0 Å². The number of hydrogen-bond acceptors (Lipinski definition) is 0. The summed E-state index contributed by atoms with van der Waals surface area (Å²) < 4.78 is 0. The summed E-state index contributed by atoms with van der Waals surface area (Å²) in [6.45, 7) is 26.1. The highest BCUT2D eigenvalue weighted by Gasteiger charge is 2.62. The second-order valence-electron chi connectivity index (χ2n) is 13.9. The maximum atomic E-state index is 2.77. The zero-order chi connectivity index (χ0) is 24.0. The van der Waals surface area contributed by atoms with Gasteiger partial charge in [0.05, 0.1) is 8.07 Å². The van der Waals surface area contributed by atoms with Gasteiger partial charge in [0.2, 0.25) is 0 Å². The van der Waals surface area contributed by atoms with Crippen LogP contribution in [-0.2, 0) is 11.1 Å². The fourth-order valence-corrected chi connectivity index (χ4v) is 32.3. The van der Waals surface area contributed by atoms with Crippen LogP contribution < -0.4 is 0 Å². The molecule has 0 bridgehead atoms. The topological polar surface area (TPSA) is 0 Å². The van der Waals surface area contributed by atoms with Crippen LogP contribution in [0.25, 0.3) is 6.08 Å². The lowest BCUT2D eigenvalue weighted by Gasteiger charge is -2.59. The fourth-order valence-electron chi connectivity index (χ4n) is 7.69. The van der Waals surface area contributed by atoms with Gasteiger partial charge in [-0.05, 0) is 27.8 Å². The molecule has 0 nitrogen and oxygen atoms in total. The molecule has 174 valence electrons. The predicted octanol–water partition coefficient (Wildman–Crippen LogP) is 8.98. The van der Waals surface area contributed by atoms with E-state index in [-0.39, 0.29) is 5.04 Å². The Bertz CT molecular complexity index is 942. The van der Waals surface area contributed by atoms with E-state index in [9.17, 15) is 0 Å². The summed E-state index contributed by atoms with van der Waals surface area (Å²) in [4.78, 5) is 0. The minimum atomic E-state index is -1.89. The van der Waals surface area contributed by atoms with Gasteiger partial charge in [0, 0.05) is 21.2 Å². The first-order chi connectivity index (χ1) is 14.6. The molecule has 2 unspecified atom stereocenters. The van der Waals surface area contributed by atoms with Gasteiger partial charge in [-0.15, -0.1) is 0 Å². The zero-order valence-electron chi connectivity index (χ0n) is 22.3. The van der Waals surface area contributed by atoms with E-state index in [2.05, 4.69) is 133 Å². The second kappa shape index (κ2) is 8.56. The quantitative estimate of drug-likeness (QED) is 0.348. The molecule has 0 aliphatic heterocycles. The molecule has 1 aliphatic carbocycles. The van der Waals surface area contributed by atoms with Crippen LogP contribution in [0, 0.1) is 5.41 Å². The molecule has 0 spiro atoms. The minimum Gasteiger partial charge on any atom is -0.0763 e. The average Bonchev–Trinajstić information content (AvgIpc) is 2.99. The number of fused-ring (bicyclic) bond motifs is 1.